The Kier molecular flexibility index (Phi) is 3.77. The summed E-state index contributed by atoms with van der Waals surface area (Å²) in [5.41, 5.74) is 0.364. The fourth-order valence-electron chi connectivity index (χ4n) is 4.60. The summed E-state index contributed by atoms with van der Waals surface area (Å²) in [7, 11) is 0. The smallest absolute Gasteiger partial charge is 0.298 e. The fraction of sp³-hybridized carbons (Fsp3) is 0.579. The molecule has 2 atom stereocenters. The van der Waals surface area contributed by atoms with Gasteiger partial charge in [-0.3, -0.25) is 24.0 Å². The number of likely N-dealkylation sites (tertiary alicyclic amines) is 1. The number of rotatable bonds is 4. The van der Waals surface area contributed by atoms with E-state index in [0.29, 0.717) is 24.9 Å². The average Bonchev–Trinajstić information content (AvgIpc) is 3.14. The Balaban J connectivity index is 1.40. The molecule has 0 unspecified atom stereocenters. The van der Waals surface area contributed by atoms with Crippen molar-refractivity contribution in [1.82, 2.24) is 24.2 Å². The quantitative estimate of drug-likeness (QED) is 0.761. The number of hydrogen-bond donors (Lipinski definition) is 0. The maximum absolute atomic E-state index is 12.5. The van der Waals surface area contributed by atoms with Crippen molar-refractivity contribution in [3.63, 3.8) is 0 Å². The summed E-state index contributed by atoms with van der Waals surface area (Å²) in [5, 5.41) is 4.65. The van der Waals surface area contributed by atoms with Gasteiger partial charge in [0.2, 0.25) is 0 Å². The molecule has 2 aromatic rings. The molecule has 136 valence electrons. The number of aromatic nitrogens is 4. The van der Waals surface area contributed by atoms with Crippen molar-refractivity contribution < 1.29 is 0 Å². The summed E-state index contributed by atoms with van der Waals surface area (Å²) in [6.07, 6.45) is 7.18. The van der Waals surface area contributed by atoms with Gasteiger partial charge in [-0.05, 0) is 30.4 Å². The van der Waals surface area contributed by atoms with Gasteiger partial charge in [0.25, 0.3) is 0 Å². The van der Waals surface area contributed by atoms with E-state index in [9.17, 15) is 9.59 Å². The van der Waals surface area contributed by atoms with E-state index in [-0.39, 0.29) is 11.5 Å². The Morgan fingerprint density at radius 1 is 1.12 bits per heavy atom. The van der Waals surface area contributed by atoms with Crippen molar-refractivity contribution in [3.05, 3.63) is 56.6 Å². The second-order valence-electron chi connectivity index (χ2n) is 7.98. The zero-order chi connectivity index (χ0) is 17.7. The van der Waals surface area contributed by atoms with Crippen LogP contribution in [0.25, 0.3) is 0 Å². The van der Waals surface area contributed by atoms with Gasteiger partial charge >= 0.3 is 11.1 Å². The lowest BCUT2D eigenvalue weighted by molar-refractivity contribution is 0.256. The zero-order valence-electron chi connectivity index (χ0n) is 14.8. The number of pyridine rings is 1. The van der Waals surface area contributed by atoms with Crippen LogP contribution < -0.4 is 11.1 Å². The normalized spacial score (nSPS) is 25.1. The van der Waals surface area contributed by atoms with E-state index in [1.165, 1.54) is 16.7 Å². The summed E-state index contributed by atoms with van der Waals surface area (Å²) in [6.45, 7) is 3.90. The third kappa shape index (κ3) is 2.61. The first-order valence-corrected chi connectivity index (χ1v) is 9.52. The molecule has 5 rings (SSSR count). The van der Waals surface area contributed by atoms with E-state index in [2.05, 4.69) is 21.0 Å². The van der Waals surface area contributed by atoms with Crippen LogP contribution in [0.3, 0.4) is 0 Å². The van der Waals surface area contributed by atoms with Crippen molar-refractivity contribution in [2.24, 2.45) is 11.8 Å². The lowest BCUT2D eigenvalue weighted by Gasteiger charge is -2.25. The van der Waals surface area contributed by atoms with E-state index in [4.69, 9.17) is 0 Å². The third-order valence-electron chi connectivity index (χ3n) is 6.21. The van der Waals surface area contributed by atoms with Crippen LogP contribution in [0.4, 0.5) is 0 Å². The van der Waals surface area contributed by atoms with Gasteiger partial charge in [-0.1, -0.05) is 12.5 Å². The molecule has 0 radical (unpaired) electrons. The van der Waals surface area contributed by atoms with Crippen molar-refractivity contribution in [1.29, 1.82) is 0 Å². The van der Waals surface area contributed by atoms with Gasteiger partial charge in [-0.2, -0.15) is 5.10 Å². The maximum Gasteiger partial charge on any atom is 0.332 e. The molecule has 0 amide bonds. The SMILES string of the molecule is O=c1c(=O)n2c(nn1CC1CCC1)[C@@H]1CN(Cc3cccnc3)C[C@@H]1C2. The minimum atomic E-state index is -0.451. The Morgan fingerprint density at radius 3 is 2.73 bits per heavy atom. The van der Waals surface area contributed by atoms with Gasteiger partial charge in [0, 0.05) is 57.0 Å². The summed E-state index contributed by atoms with van der Waals surface area (Å²) in [5.74, 6) is 1.93. The Bertz CT molecular complexity index is 931. The summed E-state index contributed by atoms with van der Waals surface area (Å²) < 4.78 is 3.08. The average molecular weight is 353 g/mol. The van der Waals surface area contributed by atoms with Gasteiger partial charge in [0.05, 0.1) is 0 Å². The fourth-order valence-corrected chi connectivity index (χ4v) is 4.60. The lowest BCUT2D eigenvalue weighted by atomic mass is 9.85. The molecule has 0 N–H and O–H groups in total. The molecule has 0 bridgehead atoms. The van der Waals surface area contributed by atoms with E-state index < -0.39 is 5.56 Å². The Morgan fingerprint density at radius 2 is 2.00 bits per heavy atom. The molecule has 2 fully saturated rings. The Labute approximate surface area is 151 Å². The summed E-state index contributed by atoms with van der Waals surface area (Å²) in [6, 6.07) is 4.05. The second kappa shape index (κ2) is 6.16. The first kappa shape index (κ1) is 15.9. The monoisotopic (exact) mass is 353 g/mol. The first-order chi connectivity index (χ1) is 12.7. The van der Waals surface area contributed by atoms with E-state index in [0.717, 1.165) is 38.3 Å². The van der Waals surface area contributed by atoms with Crippen LogP contribution >= 0.6 is 0 Å². The molecule has 26 heavy (non-hydrogen) atoms. The van der Waals surface area contributed by atoms with E-state index in [1.807, 2.05) is 12.3 Å². The van der Waals surface area contributed by atoms with Crippen molar-refractivity contribution >= 4 is 0 Å². The number of nitrogens with zero attached hydrogens (tertiary/aromatic N) is 5. The topological polar surface area (TPSA) is 73.0 Å². The molecule has 3 aliphatic rings. The van der Waals surface area contributed by atoms with Crippen LogP contribution in [-0.2, 0) is 19.6 Å². The predicted octanol–water partition coefficient (Wildman–Crippen LogP) is 0.829. The largest absolute Gasteiger partial charge is 0.332 e. The Hall–Kier alpha value is -2.28. The highest BCUT2D eigenvalue weighted by Gasteiger charge is 2.42. The molecule has 1 aliphatic carbocycles. The van der Waals surface area contributed by atoms with Gasteiger partial charge < -0.3 is 0 Å². The van der Waals surface area contributed by atoms with Gasteiger partial charge in [0.1, 0.15) is 5.82 Å². The molecule has 1 saturated carbocycles. The third-order valence-corrected chi connectivity index (χ3v) is 6.21. The molecule has 1 saturated heterocycles. The standard InChI is InChI=1S/C19H23N5O2/c25-18-19(26)24(9-13-3-1-4-13)21-17-16-12-22(10-15(16)11-23(17)18)8-14-5-2-6-20-7-14/h2,5-7,13,15-16H,1,3-4,8-12H2/t15-,16-/m1/s1. The molecule has 7 heteroatoms. The highest BCUT2D eigenvalue weighted by molar-refractivity contribution is 5.14. The molecular weight excluding hydrogens is 330 g/mol. The van der Waals surface area contributed by atoms with Gasteiger partial charge in [-0.15, -0.1) is 0 Å². The van der Waals surface area contributed by atoms with Gasteiger partial charge in [-0.25, -0.2) is 4.68 Å². The van der Waals surface area contributed by atoms with Crippen LogP contribution in [0, 0.1) is 11.8 Å². The minimum absolute atomic E-state index is 0.243. The molecule has 2 aromatic heterocycles. The van der Waals surface area contributed by atoms with Gasteiger partial charge in [0.15, 0.2) is 0 Å². The molecular formula is C19H23N5O2. The van der Waals surface area contributed by atoms with E-state index in [1.54, 1.807) is 10.8 Å². The predicted molar refractivity (Wildman–Crippen MR) is 95.8 cm³/mol. The molecule has 0 aromatic carbocycles. The van der Waals surface area contributed by atoms with Crippen LogP contribution in [0.15, 0.2) is 34.1 Å². The number of hydrogen-bond acceptors (Lipinski definition) is 5. The molecule has 0 spiro atoms. The zero-order valence-corrected chi connectivity index (χ0v) is 14.8. The second-order valence-corrected chi connectivity index (χ2v) is 7.98. The van der Waals surface area contributed by atoms with Crippen molar-refractivity contribution in [3.8, 4) is 0 Å². The summed E-state index contributed by atoms with van der Waals surface area (Å²) in [4.78, 5) is 31.5. The van der Waals surface area contributed by atoms with Crippen LogP contribution in [-0.4, -0.2) is 37.3 Å². The van der Waals surface area contributed by atoms with E-state index >= 15 is 0 Å². The molecule has 2 aliphatic heterocycles. The number of fused-ring (bicyclic) bond motifs is 3. The maximum atomic E-state index is 12.5. The lowest BCUT2D eigenvalue weighted by Crippen LogP contribution is -2.45. The first-order valence-electron chi connectivity index (χ1n) is 9.52. The highest BCUT2D eigenvalue weighted by Crippen LogP contribution is 2.37. The molecule has 4 heterocycles. The van der Waals surface area contributed by atoms with Crippen molar-refractivity contribution in [2.45, 2.75) is 44.8 Å². The summed E-state index contributed by atoms with van der Waals surface area (Å²) >= 11 is 0. The van der Waals surface area contributed by atoms with Crippen LogP contribution in [0.1, 0.15) is 36.6 Å². The van der Waals surface area contributed by atoms with Crippen molar-refractivity contribution in [2.75, 3.05) is 13.1 Å². The molecule has 7 nitrogen and oxygen atoms in total. The highest BCUT2D eigenvalue weighted by atomic mass is 16.2. The minimum Gasteiger partial charge on any atom is -0.298 e. The van der Waals surface area contributed by atoms with Crippen LogP contribution in [0.2, 0.25) is 0 Å². The van der Waals surface area contributed by atoms with Crippen LogP contribution in [0.5, 0.6) is 0 Å².